The molecule has 0 bridgehead atoms. The Morgan fingerprint density at radius 3 is 2.67 bits per heavy atom. The molecule has 110 valence electrons. The van der Waals surface area contributed by atoms with Gasteiger partial charge in [0.05, 0.1) is 24.1 Å². The SMILES string of the molecule is C[C@@H]1CN(c2ccc(-c3ncco3)nc2C=O)C[C@H](C)O1. The maximum atomic E-state index is 11.4. The Balaban J connectivity index is 1.94. The van der Waals surface area contributed by atoms with E-state index in [1.54, 1.807) is 6.20 Å². The van der Waals surface area contributed by atoms with E-state index in [0.717, 1.165) is 25.1 Å². The smallest absolute Gasteiger partial charge is 0.245 e. The number of pyridine rings is 1. The largest absolute Gasteiger partial charge is 0.443 e. The molecule has 0 aliphatic carbocycles. The van der Waals surface area contributed by atoms with Crippen LogP contribution in [0, 0.1) is 0 Å². The monoisotopic (exact) mass is 287 g/mol. The van der Waals surface area contributed by atoms with Gasteiger partial charge >= 0.3 is 0 Å². The summed E-state index contributed by atoms with van der Waals surface area (Å²) in [7, 11) is 0. The van der Waals surface area contributed by atoms with E-state index in [1.807, 2.05) is 26.0 Å². The van der Waals surface area contributed by atoms with Gasteiger partial charge in [-0.15, -0.1) is 0 Å². The predicted molar refractivity (Wildman–Crippen MR) is 77.3 cm³/mol. The highest BCUT2D eigenvalue weighted by atomic mass is 16.5. The van der Waals surface area contributed by atoms with Gasteiger partial charge in [-0.1, -0.05) is 0 Å². The molecule has 0 aromatic carbocycles. The third kappa shape index (κ3) is 2.80. The minimum absolute atomic E-state index is 0.125. The van der Waals surface area contributed by atoms with Crippen LogP contribution in [-0.4, -0.2) is 41.6 Å². The first-order chi connectivity index (χ1) is 10.2. The van der Waals surface area contributed by atoms with E-state index in [2.05, 4.69) is 14.9 Å². The lowest BCUT2D eigenvalue weighted by Gasteiger charge is -2.37. The van der Waals surface area contributed by atoms with Crippen molar-refractivity contribution in [3.05, 3.63) is 30.3 Å². The first kappa shape index (κ1) is 13.8. The summed E-state index contributed by atoms with van der Waals surface area (Å²) in [5, 5.41) is 0. The second-order valence-corrected chi connectivity index (χ2v) is 5.22. The van der Waals surface area contributed by atoms with E-state index in [1.165, 1.54) is 6.26 Å². The molecule has 0 unspecified atom stereocenters. The van der Waals surface area contributed by atoms with Crippen LogP contribution < -0.4 is 4.90 Å². The summed E-state index contributed by atoms with van der Waals surface area (Å²) in [6.45, 7) is 5.53. The van der Waals surface area contributed by atoms with Crippen molar-refractivity contribution in [3.8, 4) is 11.6 Å². The third-order valence-corrected chi connectivity index (χ3v) is 3.43. The Morgan fingerprint density at radius 2 is 2.05 bits per heavy atom. The molecule has 0 amide bonds. The number of anilines is 1. The molecule has 1 saturated heterocycles. The van der Waals surface area contributed by atoms with E-state index in [4.69, 9.17) is 9.15 Å². The number of rotatable bonds is 3. The third-order valence-electron chi connectivity index (χ3n) is 3.43. The van der Waals surface area contributed by atoms with Gasteiger partial charge in [0.1, 0.15) is 17.7 Å². The topological polar surface area (TPSA) is 68.5 Å². The summed E-state index contributed by atoms with van der Waals surface area (Å²) in [6, 6.07) is 3.71. The number of hydrogen-bond donors (Lipinski definition) is 0. The van der Waals surface area contributed by atoms with E-state index in [9.17, 15) is 4.79 Å². The van der Waals surface area contributed by atoms with Crippen molar-refractivity contribution in [1.82, 2.24) is 9.97 Å². The molecule has 3 heterocycles. The van der Waals surface area contributed by atoms with Crippen LogP contribution in [0.2, 0.25) is 0 Å². The quantitative estimate of drug-likeness (QED) is 0.806. The van der Waals surface area contributed by atoms with Crippen molar-refractivity contribution in [3.63, 3.8) is 0 Å². The molecule has 0 saturated carbocycles. The fourth-order valence-corrected chi connectivity index (χ4v) is 2.67. The van der Waals surface area contributed by atoms with Crippen molar-refractivity contribution in [2.75, 3.05) is 18.0 Å². The highest BCUT2D eigenvalue weighted by Gasteiger charge is 2.24. The van der Waals surface area contributed by atoms with Gasteiger partial charge in [-0.3, -0.25) is 4.79 Å². The minimum atomic E-state index is 0.125. The molecule has 0 N–H and O–H groups in total. The summed E-state index contributed by atoms with van der Waals surface area (Å²) < 4.78 is 10.9. The molecule has 2 aromatic heterocycles. The second kappa shape index (κ2) is 5.65. The number of morpholine rings is 1. The molecule has 6 nitrogen and oxygen atoms in total. The molecule has 2 atom stereocenters. The zero-order valence-corrected chi connectivity index (χ0v) is 12.0. The Labute approximate surface area is 122 Å². The number of oxazole rings is 1. The summed E-state index contributed by atoms with van der Waals surface area (Å²) in [5.41, 5.74) is 1.77. The molecule has 6 heteroatoms. The maximum Gasteiger partial charge on any atom is 0.245 e. The van der Waals surface area contributed by atoms with E-state index < -0.39 is 0 Å². The van der Waals surface area contributed by atoms with Gasteiger partial charge < -0.3 is 14.1 Å². The Kier molecular flexibility index (Phi) is 3.70. The van der Waals surface area contributed by atoms with Crippen molar-refractivity contribution in [2.45, 2.75) is 26.1 Å². The number of hydrogen-bond acceptors (Lipinski definition) is 6. The van der Waals surface area contributed by atoms with E-state index in [-0.39, 0.29) is 12.2 Å². The zero-order chi connectivity index (χ0) is 14.8. The summed E-state index contributed by atoms with van der Waals surface area (Å²) in [5.74, 6) is 0.411. The van der Waals surface area contributed by atoms with Gasteiger partial charge in [0, 0.05) is 13.1 Å². The number of ether oxygens (including phenoxy) is 1. The normalized spacial score (nSPS) is 22.3. The zero-order valence-electron chi connectivity index (χ0n) is 12.0. The lowest BCUT2D eigenvalue weighted by Crippen LogP contribution is -2.45. The Bertz CT molecular complexity index is 617. The van der Waals surface area contributed by atoms with Crippen molar-refractivity contribution in [2.24, 2.45) is 0 Å². The van der Waals surface area contributed by atoms with Gasteiger partial charge in [0.25, 0.3) is 0 Å². The van der Waals surface area contributed by atoms with Gasteiger partial charge in [-0.05, 0) is 26.0 Å². The average molecular weight is 287 g/mol. The fraction of sp³-hybridized carbons (Fsp3) is 0.400. The molecule has 1 aliphatic rings. The minimum Gasteiger partial charge on any atom is -0.443 e. The number of carbonyl (C=O) groups is 1. The summed E-state index contributed by atoms with van der Waals surface area (Å²) >= 11 is 0. The number of aromatic nitrogens is 2. The van der Waals surface area contributed by atoms with Crippen molar-refractivity contribution < 1.29 is 13.9 Å². The molecule has 3 rings (SSSR count). The lowest BCUT2D eigenvalue weighted by atomic mass is 10.1. The maximum absolute atomic E-state index is 11.4. The Hall–Kier alpha value is -2.21. The van der Waals surface area contributed by atoms with Crippen LogP contribution in [0.5, 0.6) is 0 Å². The number of aldehydes is 1. The Morgan fingerprint density at radius 1 is 1.29 bits per heavy atom. The fourth-order valence-electron chi connectivity index (χ4n) is 2.67. The first-order valence-corrected chi connectivity index (χ1v) is 6.94. The molecular weight excluding hydrogens is 270 g/mol. The standard InChI is InChI=1S/C15H17N3O3/c1-10-7-18(8-11(2)21-10)14-4-3-12(17-13(14)9-19)15-16-5-6-20-15/h3-6,9-11H,7-8H2,1-2H3/t10-,11+. The second-order valence-electron chi connectivity index (χ2n) is 5.22. The lowest BCUT2D eigenvalue weighted by molar-refractivity contribution is -0.00527. The van der Waals surface area contributed by atoms with E-state index >= 15 is 0 Å². The summed E-state index contributed by atoms with van der Waals surface area (Å²) in [6.07, 6.45) is 4.06. The molecule has 0 radical (unpaired) electrons. The highest BCUT2D eigenvalue weighted by Crippen LogP contribution is 2.25. The molecule has 1 aliphatic heterocycles. The van der Waals surface area contributed by atoms with Crippen LogP contribution in [-0.2, 0) is 4.74 Å². The van der Waals surface area contributed by atoms with Gasteiger partial charge in [0.2, 0.25) is 5.89 Å². The van der Waals surface area contributed by atoms with Crippen LogP contribution in [0.15, 0.2) is 29.0 Å². The highest BCUT2D eigenvalue weighted by molar-refractivity contribution is 5.83. The van der Waals surface area contributed by atoms with Crippen LogP contribution in [0.1, 0.15) is 24.3 Å². The van der Waals surface area contributed by atoms with Crippen molar-refractivity contribution in [1.29, 1.82) is 0 Å². The molecule has 1 fully saturated rings. The molecule has 0 spiro atoms. The van der Waals surface area contributed by atoms with E-state index in [0.29, 0.717) is 17.3 Å². The van der Waals surface area contributed by atoms with Crippen LogP contribution in [0.3, 0.4) is 0 Å². The first-order valence-electron chi connectivity index (χ1n) is 6.94. The van der Waals surface area contributed by atoms with Gasteiger partial charge in [-0.2, -0.15) is 0 Å². The van der Waals surface area contributed by atoms with Crippen LogP contribution >= 0.6 is 0 Å². The average Bonchev–Trinajstić information content (AvgIpc) is 2.99. The number of nitrogens with zero attached hydrogens (tertiary/aromatic N) is 3. The number of carbonyl (C=O) groups excluding carboxylic acids is 1. The molecular formula is C15H17N3O3. The van der Waals surface area contributed by atoms with Gasteiger partial charge in [-0.25, -0.2) is 9.97 Å². The van der Waals surface area contributed by atoms with Gasteiger partial charge in [0.15, 0.2) is 6.29 Å². The van der Waals surface area contributed by atoms with Crippen molar-refractivity contribution >= 4 is 12.0 Å². The molecule has 2 aromatic rings. The predicted octanol–water partition coefficient (Wildman–Crippen LogP) is 2.16. The molecule has 21 heavy (non-hydrogen) atoms. The van der Waals surface area contributed by atoms with Crippen LogP contribution in [0.25, 0.3) is 11.6 Å². The summed E-state index contributed by atoms with van der Waals surface area (Å²) in [4.78, 5) is 21.9. The van der Waals surface area contributed by atoms with Crippen LogP contribution in [0.4, 0.5) is 5.69 Å².